The third kappa shape index (κ3) is 2.94. The number of thioether (sulfide) groups is 1. The third-order valence-electron chi connectivity index (χ3n) is 3.21. The molecule has 3 N–H and O–H groups in total. The van der Waals surface area contributed by atoms with Crippen molar-refractivity contribution in [2.24, 2.45) is 0 Å². The third-order valence-corrected chi connectivity index (χ3v) is 4.58. The fourth-order valence-corrected chi connectivity index (χ4v) is 3.35. The second-order valence-corrected chi connectivity index (χ2v) is 6.18. The van der Waals surface area contributed by atoms with Gasteiger partial charge in [-0.15, -0.1) is 11.8 Å². The minimum Gasteiger partial charge on any atom is -0.399 e. The number of hydrogen-bond acceptors (Lipinski definition) is 3. The molecular formula is C15H14ClN3OS. The Morgan fingerprint density at radius 1 is 1.29 bits per heavy atom. The average Bonchev–Trinajstić information content (AvgIpc) is 2.49. The molecule has 2 aromatic rings. The van der Waals surface area contributed by atoms with Crippen LogP contribution in [0.25, 0.3) is 0 Å². The van der Waals surface area contributed by atoms with Gasteiger partial charge in [0, 0.05) is 22.9 Å². The number of benzene rings is 2. The van der Waals surface area contributed by atoms with Crippen LogP contribution in [-0.4, -0.2) is 18.3 Å². The lowest BCUT2D eigenvalue weighted by Gasteiger charge is -2.29. The Balaban J connectivity index is 1.87. The number of rotatable bonds is 1. The van der Waals surface area contributed by atoms with Crippen LogP contribution in [0.15, 0.2) is 47.4 Å². The molecule has 4 nitrogen and oxygen atoms in total. The number of carbonyl (C=O) groups excluding carboxylic acids is 1. The number of nitrogens with zero attached hydrogens (tertiary/aromatic N) is 1. The van der Waals surface area contributed by atoms with Crippen molar-refractivity contribution >= 4 is 46.5 Å². The van der Waals surface area contributed by atoms with Crippen molar-refractivity contribution in [3.05, 3.63) is 47.5 Å². The van der Waals surface area contributed by atoms with Crippen LogP contribution in [0.3, 0.4) is 0 Å². The van der Waals surface area contributed by atoms with Gasteiger partial charge in [0.25, 0.3) is 0 Å². The predicted octanol–water partition coefficient (Wildman–Crippen LogP) is 4.07. The molecule has 1 aliphatic rings. The molecule has 0 radical (unpaired) electrons. The van der Waals surface area contributed by atoms with E-state index >= 15 is 0 Å². The molecule has 108 valence electrons. The first-order valence-electron chi connectivity index (χ1n) is 6.50. The van der Waals surface area contributed by atoms with Crippen molar-refractivity contribution < 1.29 is 4.79 Å². The van der Waals surface area contributed by atoms with Crippen molar-refractivity contribution in [1.29, 1.82) is 0 Å². The summed E-state index contributed by atoms with van der Waals surface area (Å²) in [7, 11) is 0. The van der Waals surface area contributed by atoms with Gasteiger partial charge < -0.3 is 11.1 Å². The molecule has 21 heavy (non-hydrogen) atoms. The van der Waals surface area contributed by atoms with Gasteiger partial charge in [-0.1, -0.05) is 23.7 Å². The van der Waals surface area contributed by atoms with Crippen LogP contribution in [0.5, 0.6) is 0 Å². The van der Waals surface area contributed by atoms with E-state index in [-0.39, 0.29) is 6.03 Å². The summed E-state index contributed by atoms with van der Waals surface area (Å²) in [5.74, 6) is 0.854. The molecule has 6 heteroatoms. The maximum absolute atomic E-state index is 12.5. The summed E-state index contributed by atoms with van der Waals surface area (Å²) in [6, 6.07) is 12.6. The number of carbonyl (C=O) groups is 1. The van der Waals surface area contributed by atoms with Gasteiger partial charge in [-0.3, -0.25) is 4.90 Å². The van der Waals surface area contributed by atoms with E-state index in [1.807, 2.05) is 30.3 Å². The Morgan fingerprint density at radius 3 is 2.90 bits per heavy atom. The van der Waals surface area contributed by atoms with E-state index in [9.17, 15) is 4.79 Å². The van der Waals surface area contributed by atoms with Crippen LogP contribution in [-0.2, 0) is 0 Å². The molecule has 2 amide bonds. The highest BCUT2D eigenvalue weighted by Crippen LogP contribution is 2.36. The number of fused-ring (bicyclic) bond motifs is 1. The molecule has 0 bridgehead atoms. The van der Waals surface area contributed by atoms with Gasteiger partial charge in [-0.2, -0.15) is 0 Å². The van der Waals surface area contributed by atoms with Gasteiger partial charge in [-0.05, 0) is 30.3 Å². The Hall–Kier alpha value is -1.85. The summed E-state index contributed by atoms with van der Waals surface area (Å²) in [6.45, 7) is 0.636. The molecule has 0 fully saturated rings. The summed E-state index contributed by atoms with van der Waals surface area (Å²) >= 11 is 7.80. The number of amides is 2. The lowest BCUT2D eigenvalue weighted by Crippen LogP contribution is -2.38. The molecular weight excluding hydrogens is 306 g/mol. The van der Waals surface area contributed by atoms with Gasteiger partial charge in [0.15, 0.2) is 0 Å². The van der Waals surface area contributed by atoms with Crippen LogP contribution < -0.4 is 16.0 Å². The van der Waals surface area contributed by atoms with Crippen LogP contribution >= 0.6 is 23.4 Å². The largest absolute Gasteiger partial charge is 0.399 e. The van der Waals surface area contributed by atoms with Crippen molar-refractivity contribution in [3.8, 4) is 0 Å². The average molecular weight is 320 g/mol. The van der Waals surface area contributed by atoms with E-state index in [4.69, 9.17) is 17.3 Å². The van der Waals surface area contributed by atoms with Crippen molar-refractivity contribution in [2.75, 3.05) is 28.2 Å². The Morgan fingerprint density at radius 2 is 2.10 bits per heavy atom. The van der Waals surface area contributed by atoms with Gasteiger partial charge in [0.2, 0.25) is 0 Å². The molecule has 3 rings (SSSR count). The summed E-state index contributed by atoms with van der Waals surface area (Å²) in [4.78, 5) is 15.3. The number of anilines is 3. The van der Waals surface area contributed by atoms with Crippen LogP contribution in [0.1, 0.15) is 0 Å². The fourth-order valence-electron chi connectivity index (χ4n) is 2.19. The number of nitrogens with one attached hydrogen (secondary N) is 1. The van der Waals surface area contributed by atoms with E-state index in [2.05, 4.69) is 5.32 Å². The monoisotopic (exact) mass is 319 g/mol. The number of nitrogens with two attached hydrogens (primary N) is 1. The zero-order valence-electron chi connectivity index (χ0n) is 11.2. The highest BCUT2D eigenvalue weighted by molar-refractivity contribution is 7.99. The van der Waals surface area contributed by atoms with E-state index < -0.39 is 0 Å². The number of hydrogen-bond donors (Lipinski definition) is 2. The van der Waals surface area contributed by atoms with Crippen LogP contribution in [0.2, 0.25) is 5.02 Å². The summed E-state index contributed by atoms with van der Waals surface area (Å²) in [5, 5.41) is 3.36. The normalized spacial score (nSPS) is 13.7. The molecule has 1 aliphatic heterocycles. The lowest BCUT2D eigenvalue weighted by molar-refractivity contribution is 0.257. The Labute approximate surface area is 132 Å². The Bertz CT molecular complexity index is 692. The first-order chi connectivity index (χ1) is 10.1. The van der Waals surface area contributed by atoms with Gasteiger partial charge in [0.05, 0.1) is 16.4 Å². The number of nitrogen functional groups attached to an aromatic ring is 1. The highest BCUT2D eigenvalue weighted by Gasteiger charge is 2.23. The van der Waals surface area contributed by atoms with Gasteiger partial charge in [0.1, 0.15) is 0 Å². The molecule has 0 spiro atoms. The second kappa shape index (κ2) is 5.87. The Kier molecular flexibility index (Phi) is 3.94. The smallest absolute Gasteiger partial charge is 0.326 e. The number of para-hydroxylation sites is 1. The molecule has 0 aromatic heterocycles. The molecule has 0 saturated carbocycles. The topological polar surface area (TPSA) is 58.4 Å². The number of halogens is 1. The molecule has 2 aromatic carbocycles. The molecule has 0 aliphatic carbocycles. The quantitative estimate of drug-likeness (QED) is 0.779. The zero-order valence-corrected chi connectivity index (χ0v) is 12.7. The fraction of sp³-hybridized carbons (Fsp3) is 0.133. The minimum atomic E-state index is -0.199. The highest BCUT2D eigenvalue weighted by atomic mass is 35.5. The maximum atomic E-state index is 12.5. The predicted molar refractivity (Wildman–Crippen MR) is 89.4 cm³/mol. The molecule has 0 unspecified atom stereocenters. The maximum Gasteiger partial charge on any atom is 0.326 e. The van der Waals surface area contributed by atoms with Crippen LogP contribution in [0, 0.1) is 0 Å². The van der Waals surface area contributed by atoms with Gasteiger partial charge in [-0.25, -0.2) is 4.79 Å². The lowest BCUT2D eigenvalue weighted by atomic mass is 10.2. The van der Waals surface area contributed by atoms with E-state index in [1.165, 1.54) is 0 Å². The molecule has 0 atom stereocenters. The summed E-state index contributed by atoms with van der Waals surface area (Å²) in [5.41, 5.74) is 7.93. The van der Waals surface area contributed by atoms with E-state index in [0.717, 1.165) is 16.3 Å². The number of urea groups is 1. The second-order valence-electron chi connectivity index (χ2n) is 4.64. The van der Waals surface area contributed by atoms with Gasteiger partial charge >= 0.3 is 6.03 Å². The van der Waals surface area contributed by atoms with Crippen molar-refractivity contribution in [1.82, 2.24) is 0 Å². The van der Waals surface area contributed by atoms with Crippen molar-refractivity contribution in [2.45, 2.75) is 4.90 Å². The van der Waals surface area contributed by atoms with E-state index in [0.29, 0.717) is 22.9 Å². The SMILES string of the molecule is Nc1ccc2c(c1)N(C(=O)Nc1ccccc1Cl)CCS2. The van der Waals surface area contributed by atoms with Crippen LogP contribution in [0.4, 0.5) is 21.9 Å². The standard InChI is InChI=1S/C15H14ClN3OS/c16-11-3-1-2-4-12(11)18-15(20)19-7-8-21-14-6-5-10(17)9-13(14)19/h1-6,9H,7-8,17H2,(H,18,20). The summed E-state index contributed by atoms with van der Waals surface area (Å²) < 4.78 is 0. The van der Waals surface area contributed by atoms with E-state index in [1.54, 1.807) is 28.8 Å². The minimum absolute atomic E-state index is 0.199. The molecule has 0 saturated heterocycles. The first kappa shape index (κ1) is 14.1. The first-order valence-corrected chi connectivity index (χ1v) is 7.87. The zero-order chi connectivity index (χ0) is 14.8. The van der Waals surface area contributed by atoms with Crippen molar-refractivity contribution in [3.63, 3.8) is 0 Å². The molecule has 1 heterocycles. The summed E-state index contributed by atoms with van der Waals surface area (Å²) in [6.07, 6.45) is 0.